The molecule has 0 unspecified atom stereocenters. The molecule has 0 aliphatic carbocycles. The van der Waals surface area contributed by atoms with Gasteiger partial charge in [-0.3, -0.25) is 0 Å². The van der Waals surface area contributed by atoms with Crippen molar-refractivity contribution in [2.24, 2.45) is 0 Å². The van der Waals surface area contributed by atoms with Gasteiger partial charge in [-0.25, -0.2) is 8.42 Å². The summed E-state index contributed by atoms with van der Waals surface area (Å²) in [5.41, 5.74) is 0.883. The standard InChI is InChI=1S/C17H17NO3S/c1-13-17(22(19,20)15-11-7-4-8-12-15)16(18(2)21-13)14-9-5-3-6-10-14/h3-12,16-17H,1H2,2H3/t16-,17-/m1/s1. The maximum absolute atomic E-state index is 13.0. The molecule has 2 aromatic rings. The molecule has 1 aliphatic heterocycles. The Balaban J connectivity index is 2.09. The predicted molar refractivity (Wildman–Crippen MR) is 84.6 cm³/mol. The molecule has 1 aliphatic rings. The quantitative estimate of drug-likeness (QED) is 0.873. The Bertz CT molecular complexity index is 772. The van der Waals surface area contributed by atoms with Gasteiger partial charge in [0.1, 0.15) is 11.0 Å². The Labute approximate surface area is 130 Å². The van der Waals surface area contributed by atoms with Gasteiger partial charge in [0.2, 0.25) is 0 Å². The van der Waals surface area contributed by atoms with Gasteiger partial charge in [-0.05, 0) is 17.7 Å². The van der Waals surface area contributed by atoms with Crippen LogP contribution < -0.4 is 0 Å². The van der Waals surface area contributed by atoms with Gasteiger partial charge in [-0.2, -0.15) is 0 Å². The summed E-state index contributed by atoms with van der Waals surface area (Å²) in [7, 11) is -1.86. The van der Waals surface area contributed by atoms with Gasteiger partial charge in [0.25, 0.3) is 0 Å². The van der Waals surface area contributed by atoms with E-state index in [1.54, 1.807) is 42.4 Å². The lowest BCUT2D eigenvalue weighted by Crippen LogP contribution is -2.30. The van der Waals surface area contributed by atoms with Gasteiger partial charge in [-0.1, -0.05) is 55.1 Å². The van der Waals surface area contributed by atoms with Gasteiger partial charge in [-0.15, -0.1) is 5.06 Å². The third-order valence-corrected chi connectivity index (χ3v) is 5.92. The molecule has 0 aromatic heterocycles. The Morgan fingerprint density at radius 2 is 1.55 bits per heavy atom. The fourth-order valence-corrected chi connectivity index (χ4v) is 4.68. The average Bonchev–Trinajstić information content (AvgIpc) is 2.84. The summed E-state index contributed by atoms with van der Waals surface area (Å²) in [4.78, 5) is 5.79. The monoisotopic (exact) mass is 315 g/mol. The van der Waals surface area contributed by atoms with Crippen LogP contribution in [0.1, 0.15) is 11.6 Å². The van der Waals surface area contributed by atoms with E-state index in [2.05, 4.69) is 6.58 Å². The fraction of sp³-hybridized carbons (Fsp3) is 0.176. The van der Waals surface area contributed by atoms with E-state index in [-0.39, 0.29) is 10.7 Å². The highest BCUT2D eigenvalue weighted by atomic mass is 32.2. The SMILES string of the molecule is C=C1ON(C)[C@H](c2ccccc2)[C@@H]1S(=O)(=O)c1ccccc1. The molecule has 22 heavy (non-hydrogen) atoms. The fourth-order valence-electron chi connectivity index (χ4n) is 2.79. The zero-order valence-electron chi connectivity index (χ0n) is 12.2. The highest BCUT2D eigenvalue weighted by Crippen LogP contribution is 2.41. The molecule has 0 N–H and O–H groups in total. The van der Waals surface area contributed by atoms with Gasteiger partial charge in [0, 0.05) is 7.05 Å². The minimum Gasteiger partial charge on any atom is -0.409 e. The topological polar surface area (TPSA) is 46.6 Å². The van der Waals surface area contributed by atoms with Crippen LogP contribution in [0, 0.1) is 0 Å². The first-order chi connectivity index (χ1) is 10.5. The smallest absolute Gasteiger partial charge is 0.190 e. The number of hydroxylamine groups is 2. The second kappa shape index (κ2) is 5.59. The summed E-state index contributed by atoms with van der Waals surface area (Å²) in [6.45, 7) is 3.81. The van der Waals surface area contributed by atoms with E-state index in [9.17, 15) is 8.42 Å². The van der Waals surface area contributed by atoms with Crippen LogP contribution in [0.4, 0.5) is 0 Å². The van der Waals surface area contributed by atoms with E-state index in [1.165, 1.54) is 0 Å². The van der Waals surface area contributed by atoms with Gasteiger partial charge in [0.05, 0.1) is 10.9 Å². The van der Waals surface area contributed by atoms with Gasteiger partial charge < -0.3 is 4.84 Å². The number of benzene rings is 2. The van der Waals surface area contributed by atoms with E-state index in [0.717, 1.165) is 5.56 Å². The minimum absolute atomic E-state index is 0.250. The second-order valence-electron chi connectivity index (χ2n) is 5.24. The highest BCUT2D eigenvalue weighted by molar-refractivity contribution is 7.92. The molecule has 1 fully saturated rings. The molecule has 5 heteroatoms. The molecule has 4 nitrogen and oxygen atoms in total. The highest BCUT2D eigenvalue weighted by Gasteiger charge is 2.47. The molecule has 1 saturated heterocycles. The molecule has 0 spiro atoms. The van der Waals surface area contributed by atoms with Crippen molar-refractivity contribution in [3.8, 4) is 0 Å². The molecule has 2 aromatic carbocycles. The van der Waals surface area contributed by atoms with Crippen molar-refractivity contribution in [3.63, 3.8) is 0 Å². The predicted octanol–water partition coefficient (Wildman–Crippen LogP) is 2.96. The maximum Gasteiger partial charge on any atom is 0.190 e. The molecule has 0 amide bonds. The minimum atomic E-state index is -3.58. The van der Waals surface area contributed by atoms with E-state index in [1.807, 2.05) is 30.3 Å². The zero-order chi connectivity index (χ0) is 15.7. The summed E-state index contributed by atoms with van der Waals surface area (Å²) < 4.78 is 26.0. The van der Waals surface area contributed by atoms with E-state index in [4.69, 9.17) is 4.84 Å². The van der Waals surface area contributed by atoms with Crippen molar-refractivity contribution in [2.75, 3.05) is 7.05 Å². The Hall–Kier alpha value is -2.11. The van der Waals surface area contributed by atoms with E-state index < -0.39 is 21.1 Å². The second-order valence-corrected chi connectivity index (χ2v) is 7.31. The third kappa shape index (κ3) is 2.42. The van der Waals surface area contributed by atoms with E-state index in [0.29, 0.717) is 0 Å². The number of hydrogen-bond acceptors (Lipinski definition) is 4. The average molecular weight is 315 g/mol. The van der Waals surface area contributed by atoms with Crippen LogP contribution in [0.3, 0.4) is 0 Å². The number of rotatable bonds is 3. The van der Waals surface area contributed by atoms with Crippen LogP contribution in [0.15, 0.2) is 77.9 Å². The number of sulfone groups is 1. The summed E-state index contributed by atoms with van der Waals surface area (Å²) in [5, 5.41) is 0.727. The van der Waals surface area contributed by atoms with Crippen molar-refractivity contribution in [1.29, 1.82) is 0 Å². The lowest BCUT2D eigenvalue weighted by molar-refractivity contribution is -0.0818. The molecule has 3 rings (SSSR count). The molecule has 0 radical (unpaired) electrons. The Morgan fingerprint density at radius 3 is 2.14 bits per heavy atom. The van der Waals surface area contributed by atoms with Gasteiger partial charge in [0.15, 0.2) is 9.84 Å². The van der Waals surface area contributed by atoms with Crippen LogP contribution in [0.25, 0.3) is 0 Å². The molecule has 1 heterocycles. The first-order valence-corrected chi connectivity index (χ1v) is 8.50. The number of nitrogens with zero attached hydrogens (tertiary/aromatic N) is 1. The van der Waals surface area contributed by atoms with Crippen LogP contribution in [0.2, 0.25) is 0 Å². The maximum atomic E-state index is 13.0. The molecule has 0 saturated carbocycles. The zero-order valence-corrected chi connectivity index (χ0v) is 13.0. The first-order valence-electron chi connectivity index (χ1n) is 6.95. The summed E-state index contributed by atoms with van der Waals surface area (Å²) in [6, 6.07) is 17.5. The van der Waals surface area contributed by atoms with Crippen LogP contribution >= 0.6 is 0 Å². The van der Waals surface area contributed by atoms with E-state index >= 15 is 0 Å². The summed E-state index contributed by atoms with van der Waals surface area (Å²) in [6.07, 6.45) is 0. The molecule has 114 valence electrons. The Kier molecular flexibility index (Phi) is 3.76. The van der Waals surface area contributed by atoms with Gasteiger partial charge >= 0.3 is 0 Å². The molecule has 2 atom stereocenters. The van der Waals surface area contributed by atoms with Crippen molar-refractivity contribution < 1.29 is 13.3 Å². The summed E-state index contributed by atoms with van der Waals surface area (Å²) in [5.74, 6) is 0.250. The summed E-state index contributed by atoms with van der Waals surface area (Å²) >= 11 is 0. The number of hydrogen-bond donors (Lipinski definition) is 0. The van der Waals surface area contributed by atoms with Crippen molar-refractivity contribution in [3.05, 3.63) is 78.6 Å². The van der Waals surface area contributed by atoms with Crippen molar-refractivity contribution >= 4 is 9.84 Å². The third-order valence-electron chi connectivity index (χ3n) is 3.80. The molecular formula is C17H17NO3S. The molecular weight excluding hydrogens is 298 g/mol. The van der Waals surface area contributed by atoms with Crippen LogP contribution in [-0.2, 0) is 14.7 Å². The Morgan fingerprint density at radius 1 is 1.00 bits per heavy atom. The molecule has 0 bridgehead atoms. The lowest BCUT2D eigenvalue weighted by Gasteiger charge is -2.21. The van der Waals surface area contributed by atoms with Crippen LogP contribution in [0.5, 0.6) is 0 Å². The van der Waals surface area contributed by atoms with Crippen molar-refractivity contribution in [1.82, 2.24) is 5.06 Å². The van der Waals surface area contributed by atoms with Crippen molar-refractivity contribution in [2.45, 2.75) is 16.2 Å². The first kappa shape index (κ1) is 14.8. The lowest BCUT2D eigenvalue weighted by atomic mass is 10.0. The largest absolute Gasteiger partial charge is 0.409 e. The normalized spacial score (nSPS) is 22.5. The van der Waals surface area contributed by atoms with Crippen LogP contribution in [-0.4, -0.2) is 25.8 Å².